The zero-order chi connectivity index (χ0) is 45.0. The largest absolute Gasteiger partial charge is 0.308 e. The van der Waals surface area contributed by atoms with Crippen LogP contribution in [0.1, 0.15) is 13.7 Å². The average molecular weight is 711 g/mol. The van der Waals surface area contributed by atoms with Crippen LogP contribution < -0.4 is 0 Å². The first-order chi connectivity index (χ1) is 31.4. The highest BCUT2D eigenvalue weighted by Gasteiger charge is 2.23. The summed E-state index contributed by atoms with van der Waals surface area (Å²) in [6, 6.07) is 38.5. The van der Waals surface area contributed by atoms with Crippen LogP contribution in [0, 0.1) is 0 Å². The predicted octanol–water partition coefficient (Wildman–Crippen LogP) is 13.1. The van der Waals surface area contributed by atoms with E-state index in [1.807, 2.05) is 97.1 Å². The molecule has 0 aliphatic rings. The topological polar surface area (TPSA) is 43.6 Å². The zero-order valence-electron chi connectivity index (χ0n) is 39.0. The molecule has 9 aromatic carbocycles. The van der Waals surface area contributed by atoms with Gasteiger partial charge in [-0.15, -0.1) is 0 Å². The molecule has 4 heteroatoms. The summed E-state index contributed by atoms with van der Waals surface area (Å²) in [5.74, 6) is 0.283. The first-order valence-electron chi connectivity index (χ1n) is 22.8. The fourth-order valence-corrected chi connectivity index (χ4v) is 7.86. The summed E-state index contributed by atoms with van der Waals surface area (Å²) in [6.07, 6.45) is 0. The molecule has 0 saturated carbocycles. The summed E-state index contributed by atoms with van der Waals surface area (Å²) in [6.45, 7) is 0. The highest BCUT2D eigenvalue weighted by molar-refractivity contribution is 6.26. The molecule has 0 aliphatic carbocycles. The van der Waals surface area contributed by atoms with Crippen molar-refractivity contribution in [3.05, 3.63) is 194 Å². The second kappa shape index (κ2) is 12.6. The molecule has 0 radical (unpaired) electrons. The van der Waals surface area contributed by atoms with E-state index in [9.17, 15) is 0 Å². The Bertz CT molecular complexity index is 3790. The van der Waals surface area contributed by atoms with Gasteiger partial charge in [0.2, 0.25) is 0 Å². The molecular weight excluding hydrogens is 669 g/mol. The molecule has 4 nitrogen and oxygen atoms in total. The normalized spacial score (nSPS) is 14.2. The summed E-state index contributed by atoms with van der Waals surface area (Å²) in [5, 5.41) is 7.30. The van der Waals surface area contributed by atoms with Crippen LogP contribution in [0.5, 0.6) is 0 Å². The van der Waals surface area contributed by atoms with Crippen molar-refractivity contribution in [1.82, 2.24) is 19.5 Å². The lowest BCUT2D eigenvalue weighted by Gasteiger charge is -2.18. The number of rotatable bonds is 5. The highest BCUT2D eigenvalue weighted by Crippen LogP contribution is 2.44. The molecule has 0 amide bonds. The van der Waals surface area contributed by atoms with E-state index in [1.54, 1.807) is 6.07 Å². The summed E-state index contributed by atoms with van der Waals surface area (Å²) in [7, 11) is 0. The standard InChI is InChI=1S/C51H32N4/c1-4-17-33(18-5-1)36-28-16-30-46-48(36)41-27-14-15-29-45(41)55(46)47-32-43-40-26-13-11-24-38(40)37-23-10-12-25-39(37)42(43)31-44(47)51-53-49(34-19-6-2-7-20-34)52-50(54-51)35-21-8-3-9-22-35/h1-32H/i1D,2D,4D,5D,6D,7D,17D,18D,19D,20D. The van der Waals surface area contributed by atoms with E-state index in [-0.39, 0.29) is 40.7 Å². The van der Waals surface area contributed by atoms with Gasteiger partial charge in [-0.25, -0.2) is 15.0 Å². The molecule has 256 valence electrons. The number of aromatic nitrogens is 4. The van der Waals surface area contributed by atoms with E-state index in [0.29, 0.717) is 33.3 Å². The van der Waals surface area contributed by atoms with Crippen LogP contribution in [0.4, 0.5) is 0 Å². The van der Waals surface area contributed by atoms with Crippen molar-refractivity contribution in [3.8, 4) is 51.0 Å². The van der Waals surface area contributed by atoms with Gasteiger partial charge in [0.25, 0.3) is 0 Å². The van der Waals surface area contributed by atoms with E-state index >= 15 is 0 Å². The summed E-state index contributed by atoms with van der Waals surface area (Å²) >= 11 is 0. The molecule has 2 heterocycles. The molecule has 0 spiro atoms. The SMILES string of the molecule is [2H]c1c([2H])c([2H])c(-c2nc(-c3ccccc3)nc(-c3cc4c5ccccc5c5ccccc5c4cc3-n3c4ccccc4c4c(-c5c([2H])c([2H])c([2H])c([2H])c5[2H])cccc43)n2)c([2H])c1[2H]. The van der Waals surface area contributed by atoms with Gasteiger partial charge < -0.3 is 4.57 Å². The second-order valence-electron chi connectivity index (χ2n) is 13.2. The molecule has 0 atom stereocenters. The minimum absolute atomic E-state index is 0.0777. The fraction of sp³-hybridized carbons (Fsp3) is 0. The van der Waals surface area contributed by atoms with Crippen LogP contribution in [0.2, 0.25) is 0 Å². The number of nitrogens with zero attached hydrogens (tertiary/aromatic N) is 4. The van der Waals surface area contributed by atoms with Gasteiger partial charge in [-0.1, -0.05) is 170 Å². The van der Waals surface area contributed by atoms with Gasteiger partial charge in [0.15, 0.2) is 17.5 Å². The van der Waals surface area contributed by atoms with Crippen molar-refractivity contribution in [2.24, 2.45) is 0 Å². The molecule has 0 unspecified atom stereocenters. The van der Waals surface area contributed by atoms with Gasteiger partial charge >= 0.3 is 0 Å². The Morgan fingerprint density at radius 1 is 0.364 bits per heavy atom. The van der Waals surface area contributed by atoms with E-state index in [4.69, 9.17) is 28.7 Å². The molecule has 2 aromatic heterocycles. The number of fused-ring (bicyclic) bond motifs is 9. The average Bonchev–Trinajstić information content (AvgIpc) is 3.68. The van der Waals surface area contributed by atoms with Crippen molar-refractivity contribution in [1.29, 1.82) is 0 Å². The van der Waals surface area contributed by atoms with E-state index in [0.717, 1.165) is 43.2 Å². The number of hydrogen-bond donors (Lipinski definition) is 0. The lowest BCUT2D eigenvalue weighted by atomic mass is 9.92. The minimum atomic E-state index is -0.536. The third kappa shape index (κ3) is 5.03. The Labute approximate surface area is 331 Å². The fourth-order valence-electron chi connectivity index (χ4n) is 7.86. The lowest BCUT2D eigenvalue weighted by Crippen LogP contribution is -2.04. The van der Waals surface area contributed by atoms with Gasteiger partial charge in [0.05, 0.1) is 30.4 Å². The Morgan fingerprint density at radius 3 is 1.55 bits per heavy atom. The minimum Gasteiger partial charge on any atom is -0.308 e. The maximum absolute atomic E-state index is 8.99. The number of hydrogen-bond acceptors (Lipinski definition) is 3. The molecular formula is C51H32N4. The summed E-state index contributed by atoms with van der Waals surface area (Å²) < 4.78 is 88.8. The number of benzene rings is 9. The molecule has 11 aromatic rings. The third-order valence-electron chi connectivity index (χ3n) is 10.2. The molecule has 0 fully saturated rings. The van der Waals surface area contributed by atoms with Crippen molar-refractivity contribution in [2.75, 3.05) is 0 Å². The molecule has 0 aliphatic heterocycles. The van der Waals surface area contributed by atoms with Crippen molar-refractivity contribution < 1.29 is 13.7 Å². The third-order valence-corrected chi connectivity index (χ3v) is 10.2. The van der Waals surface area contributed by atoms with Crippen LogP contribution in [0.3, 0.4) is 0 Å². The Balaban J connectivity index is 1.33. The van der Waals surface area contributed by atoms with Gasteiger partial charge in [0, 0.05) is 27.5 Å². The van der Waals surface area contributed by atoms with Crippen LogP contribution in [-0.2, 0) is 0 Å². The molecule has 0 bridgehead atoms. The lowest BCUT2D eigenvalue weighted by molar-refractivity contribution is 1.07. The van der Waals surface area contributed by atoms with Gasteiger partial charge in [0.1, 0.15) is 0 Å². The van der Waals surface area contributed by atoms with E-state index < -0.39 is 48.3 Å². The number of para-hydroxylation sites is 1. The van der Waals surface area contributed by atoms with Gasteiger partial charge in [-0.05, 0) is 67.7 Å². The van der Waals surface area contributed by atoms with Crippen molar-refractivity contribution in [2.45, 2.75) is 0 Å². The molecule has 0 saturated heterocycles. The smallest absolute Gasteiger partial charge is 0.166 e. The summed E-state index contributed by atoms with van der Waals surface area (Å²) in [5.41, 5.74) is 3.55. The molecule has 0 N–H and O–H groups in total. The maximum atomic E-state index is 8.99. The van der Waals surface area contributed by atoms with Crippen LogP contribution >= 0.6 is 0 Å². The van der Waals surface area contributed by atoms with Crippen LogP contribution in [-0.4, -0.2) is 19.5 Å². The maximum Gasteiger partial charge on any atom is 0.166 e. The van der Waals surface area contributed by atoms with Crippen LogP contribution in [0.15, 0.2) is 194 Å². The Morgan fingerprint density at radius 2 is 0.873 bits per heavy atom. The first-order valence-corrected chi connectivity index (χ1v) is 17.8. The van der Waals surface area contributed by atoms with Gasteiger partial charge in [-0.3, -0.25) is 0 Å². The quantitative estimate of drug-likeness (QED) is 0.167. The van der Waals surface area contributed by atoms with E-state index in [2.05, 4.69) is 34.9 Å². The zero-order valence-corrected chi connectivity index (χ0v) is 29.0. The second-order valence-corrected chi connectivity index (χ2v) is 13.2. The van der Waals surface area contributed by atoms with Crippen molar-refractivity contribution in [3.63, 3.8) is 0 Å². The predicted molar refractivity (Wildman–Crippen MR) is 228 cm³/mol. The molecule has 55 heavy (non-hydrogen) atoms. The van der Waals surface area contributed by atoms with E-state index in [1.165, 1.54) is 0 Å². The first kappa shape index (κ1) is 22.6. The van der Waals surface area contributed by atoms with Crippen LogP contribution in [0.25, 0.3) is 105 Å². The monoisotopic (exact) mass is 710 g/mol. The highest BCUT2D eigenvalue weighted by atomic mass is 15.1. The Kier molecular flexibility index (Phi) is 5.18. The Hall–Kier alpha value is -7.43. The van der Waals surface area contributed by atoms with Crippen molar-refractivity contribution >= 4 is 54.1 Å². The van der Waals surface area contributed by atoms with Gasteiger partial charge in [-0.2, -0.15) is 0 Å². The summed E-state index contributed by atoms with van der Waals surface area (Å²) in [4.78, 5) is 14.9. The molecule has 11 rings (SSSR count).